The first-order valence-corrected chi connectivity index (χ1v) is 8.88. The zero-order chi connectivity index (χ0) is 16.0. The smallest absolute Gasteiger partial charge is 0.243 e. The van der Waals surface area contributed by atoms with Crippen LogP contribution < -0.4 is 10.1 Å². The van der Waals surface area contributed by atoms with E-state index in [1.165, 1.54) is 0 Å². The van der Waals surface area contributed by atoms with Gasteiger partial charge in [-0.25, -0.2) is 8.42 Å². The summed E-state index contributed by atoms with van der Waals surface area (Å²) in [4.78, 5) is 0.316. The summed E-state index contributed by atoms with van der Waals surface area (Å²) in [5.41, 5.74) is 0. The SMILES string of the molecule is CNCC1CCN(S(=O)(=O)c2ccc(OCCOC)cc2)C1.Cl. The maximum absolute atomic E-state index is 12.6. The predicted octanol–water partition coefficient (Wildman–Crippen LogP) is 1.36. The fourth-order valence-corrected chi connectivity index (χ4v) is 4.10. The number of halogens is 1. The Hall–Kier alpha value is -0.860. The van der Waals surface area contributed by atoms with Gasteiger partial charge in [-0.1, -0.05) is 0 Å². The Bertz CT molecular complexity index is 565. The summed E-state index contributed by atoms with van der Waals surface area (Å²) in [6, 6.07) is 6.57. The molecule has 1 saturated heterocycles. The highest BCUT2D eigenvalue weighted by Crippen LogP contribution is 2.25. The summed E-state index contributed by atoms with van der Waals surface area (Å²) in [5.74, 6) is 1.03. The van der Waals surface area contributed by atoms with E-state index in [4.69, 9.17) is 9.47 Å². The highest BCUT2D eigenvalue weighted by atomic mass is 35.5. The Morgan fingerprint density at radius 3 is 2.57 bits per heavy atom. The number of nitrogens with zero attached hydrogens (tertiary/aromatic N) is 1. The first-order valence-electron chi connectivity index (χ1n) is 7.44. The van der Waals surface area contributed by atoms with Gasteiger partial charge in [-0.2, -0.15) is 4.31 Å². The van der Waals surface area contributed by atoms with Crippen LogP contribution in [0.5, 0.6) is 5.75 Å². The van der Waals surface area contributed by atoms with Gasteiger partial charge in [0.2, 0.25) is 10.0 Å². The molecule has 0 saturated carbocycles. The zero-order valence-electron chi connectivity index (χ0n) is 13.5. The van der Waals surface area contributed by atoms with Crippen molar-refractivity contribution < 1.29 is 17.9 Å². The fourth-order valence-electron chi connectivity index (χ4n) is 2.57. The monoisotopic (exact) mass is 364 g/mol. The maximum atomic E-state index is 12.6. The number of hydrogen-bond acceptors (Lipinski definition) is 5. The normalized spacial score (nSPS) is 18.6. The molecule has 132 valence electrons. The quantitative estimate of drug-likeness (QED) is 0.705. The van der Waals surface area contributed by atoms with Gasteiger partial charge in [0, 0.05) is 20.2 Å². The van der Waals surface area contributed by atoms with Crippen LogP contribution >= 0.6 is 12.4 Å². The molecule has 1 aliphatic rings. The van der Waals surface area contributed by atoms with Crippen LogP contribution in [-0.2, 0) is 14.8 Å². The van der Waals surface area contributed by atoms with Gasteiger partial charge >= 0.3 is 0 Å². The van der Waals surface area contributed by atoms with E-state index in [9.17, 15) is 8.42 Å². The Kier molecular flexibility index (Phi) is 8.28. The third-order valence-corrected chi connectivity index (χ3v) is 5.64. The van der Waals surface area contributed by atoms with E-state index in [1.807, 2.05) is 7.05 Å². The number of methoxy groups -OCH3 is 1. The van der Waals surface area contributed by atoms with Gasteiger partial charge in [-0.05, 0) is 50.2 Å². The van der Waals surface area contributed by atoms with Crippen molar-refractivity contribution in [3.05, 3.63) is 24.3 Å². The minimum atomic E-state index is -3.41. The van der Waals surface area contributed by atoms with Crippen LogP contribution in [0, 0.1) is 5.92 Å². The zero-order valence-corrected chi connectivity index (χ0v) is 15.2. The van der Waals surface area contributed by atoms with Crippen molar-refractivity contribution in [1.29, 1.82) is 0 Å². The molecule has 1 aromatic carbocycles. The number of benzene rings is 1. The van der Waals surface area contributed by atoms with Crippen LogP contribution in [0.2, 0.25) is 0 Å². The van der Waals surface area contributed by atoms with Gasteiger partial charge in [0.1, 0.15) is 12.4 Å². The summed E-state index contributed by atoms with van der Waals surface area (Å²) in [5, 5.41) is 3.10. The third kappa shape index (κ3) is 5.32. The summed E-state index contributed by atoms with van der Waals surface area (Å²) in [6.07, 6.45) is 0.901. The standard InChI is InChI=1S/C15H24N2O4S.ClH/c1-16-11-13-7-8-17(12-13)22(18,19)15-5-3-14(4-6-15)21-10-9-20-2;/h3-6,13,16H,7-12H2,1-2H3;1H. The molecule has 1 aromatic rings. The van der Waals surface area contributed by atoms with Crippen LogP contribution in [0.1, 0.15) is 6.42 Å². The highest BCUT2D eigenvalue weighted by Gasteiger charge is 2.32. The van der Waals surface area contributed by atoms with Gasteiger partial charge in [0.15, 0.2) is 0 Å². The van der Waals surface area contributed by atoms with Gasteiger partial charge in [-0.15, -0.1) is 12.4 Å². The van der Waals surface area contributed by atoms with Gasteiger partial charge < -0.3 is 14.8 Å². The van der Waals surface area contributed by atoms with Gasteiger partial charge in [0.25, 0.3) is 0 Å². The average molecular weight is 365 g/mol. The first kappa shape index (κ1) is 20.2. The summed E-state index contributed by atoms with van der Waals surface area (Å²) >= 11 is 0. The van der Waals surface area contributed by atoms with Crippen LogP contribution in [0.15, 0.2) is 29.2 Å². The van der Waals surface area contributed by atoms with E-state index < -0.39 is 10.0 Å². The molecule has 0 aromatic heterocycles. The molecule has 1 aliphatic heterocycles. The van der Waals surface area contributed by atoms with E-state index in [1.54, 1.807) is 35.7 Å². The molecule has 0 radical (unpaired) electrons. The van der Waals surface area contributed by atoms with Gasteiger partial charge in [0.05, 0.1) is 11.5 Å². The van der Waals surface area contributed by atoms with Crippen molar-refractivity contribution >= 4 is 22.4 Å². The maximum Gasteiger partial charge on any atom is 0.243 e. The number of sulfonamides is 1. The lowest BCUT2D eigenvalue weighted by Crippen LogP contribution is -2.30. The minimum absolute atomic E-state index is 0. The summed E-state index contributed by atoms with van der Waals surface area (Å²) in [6.45, 7) is 2.95. The lowest BCUT2D eigenvalue weighted by atomic mass is 10.1. The number of nitrogens with one attached hydrogen (secondary N) is 1. The summed E-state index contributed by atoms with van der Waals surface area (Å²) in [7, 11) is 0.0894. The number of hydrogen-bond donors (Lipinski definition) is 1. The molecule has 23 heavy (non-hydrogen) atoms. The molecule has 1 fully saturated rings. The van der Waals surface area contributed by atoms with E-state index in [0.29, 0.717) is 42.9 Å². The molecule has 0 bridgehead atoms. The van der Waals surface area contributed by atoms with Crippen LogP contribution in [0.25, 0.3) is 0 Å². The van der Waals surface area contributed by atoms with E-state index in [2.05, 4.69) is 5.32 Å². The predicted molar refractivity (Wildman–Crippen MR) is 91.9 cm³/mol. The van der Waals surface area contributed by atoms with Crippen LogP contribution in [0.4, 0.5) is 0 Å². The molecular formula is C15H25ClN2O4S. The molecule has 6 nitrogen and oxygen atoms in total. The summed E-state index contributed by atoms with van der Waals surface area (Å²) < 4.78 is 37.1. The fraction of sp³-hybridized carbons (Fsp3) is 0.600. The molecule has 0 spiro atoms. The highest BCUT2D eigenvalue weighted by molar-refractivity contribution is 7.89. The van der Waals surface area contributed by atoms with Crippen molar-refractivity contribution in [1.82, 2.24) is 9.62 Å². The molecule has 1 atom stereocenters. The number of ether oxygens (including phenoxy) is 2. The van der Waals surface area contributed by atoms with Crippen molar-refractivity contribution in [3.63, 3.8) is 0 Å². The van der Waals surface area contributed by atoms with E-state index >= 15 is 0 Å². The van der Waals surface area contributed by atoms with Crippen molar-refractivity contribution in [2.75, 3.05) is 47.0 Å². The molecule has 2 rings (SSSR count). The Balaban J connectivity index is 0.00000264. The largest absolute Gasteiger partial charge is 0.491 e. The van der Waals surface area contributed by atoms with Gasteiger partial charge in [-0.3, -0.25) is 0 Å². The van der Waals surface area contributed by atoms with E-state index in [-0.39, 0.29) is 12.4 Å². The second kappa shape index (κ2) is 9.44. The third-order valence-electron chi connectivity index (χ3n) is 3.76. The van der Waals surface area contributed by atoms with Crippen molar-refractivity contribution in [3.8, 4) is 5.75 Å². The second-order valence-electron chi connectivity index (χ2n) is 5.39. The number of rotatable bonds is 8. The first-order chi connectivity index (χ1) is 10.6. The second-order valence-corrected chi connectivity index (χ2v) is 7.33. The Labute approximate surface area is 144 Å². The molecule has 1 heterocycles. The minimum Gasteiger partial charge on any atom is -0.491 e. The lowest BCUT2D eigenvalue weighted by Gasteiger charge is -2.17. The topological polar surface area (TPSA) is 67.9 Å². The molecule has 0 amide bonds. The Morgan fingerprint density at radius 2 is 1.96 bits per heavy atom. The Morgan fingerprint density at radius 1 is 1.26 bits per heavy atom. The molecule has 1 N–H and O–H groups in total. The molecule has 8 heteroatoms. The molecule has 1 unspecified atom stereocenters. The van der Waals surface area contributed by atoms with Crippen molar-refractivity contribution in [2.24, 2.45) is 5.92 Å². The van der Waals surface area contributed by atoms with Crippen LogP contribution in [0.3, 0.4) is 0 Å². The van der Waals surface area contributed by atoms with E-state index in [0.717, 1.165) is 13.0 Å². The average Bonchev–Trinajstić information content (AvgIpc) is 2.98. The molecular weight excluding hydrogens is 340 g/mol. The molecule has 0 aliphatic carbocycles. The lowest BCUT2D eigenvalue weighted by molar-refractivity contribution is 0.146. The van der Waals surface area contributed by atoms with Crippen molar-refractivity contribution in [2.45, 2.75) is 11.3 Å². The van der Waals surface area contributed by atoms with Crippen LogP contribution in [-0.4, -0.2) is 59.7 Å².